The fourth-order valence-electron chi connectivity index (χ4n) is 3.45. The Hall–Kier alpha value is -1.36. The number of nitrogens with one attached hydrogen (secondary N) is 1. The van der Waals surface area contributed by atoms with Crippen LogP contribution in [0.2, 0.25) is 0 Å². The van der Waals surface area contributed by atoms with E-state index in [0.717, 1.165) is 6.42 Å². The van der Waals surface area contributed by atoms with Crippen LogP contribution in [0.1, 0.15) is 45.6 Å². The van der Waals surface area contributed by atoms with Gasteiger partial charge in [0.15, 0.2) is 9.84 Å². The fourth-order valence-corrected chi connectivity index (χ4v) is 5.31. The fraction of sp³-hybridized carbons (Fsp3) is 0.611. The number of carbonyl (C=O) groups excluding carboxylic acids is 1. The molecule has 1 aromatic carbocycles. The molecule has 1 saturated heterocycles. The van der Waals surface area contributed by atoms with E-state index in [2.05, 4.69) is 31.3 Å². The van der Waals surface area contributed by atoms with Crippen LogP contribution in [0.15, 0.2) is 30.3 Å². The van der Waals surface area contributed by atoms with E-state index in [-0.39, 0.29) is 34.8 Å². The van der Waals surface area contributed by atoms with Crippen LogP contribution in [0.4, 0.5) is 0 Å². The molecule has 5 heteroatoms. The maximum atomic E-state index is 12.1. The summed E-state index contributed by atoms with van der Waals surface area (Å²) >= 11 is 0. The maximum Gasteiger partial charge on any atom is 0.220 e. The van der Waals surface area contributed by atoms with E-state index in [1.54, 1.807) is 0 Å². The molecule has 1 heterocycles. The molecule has 23 heavy (non-hydrogen) atoms. The van der Waals surface area contributed by atoms with Gasteiger partial charge in [0, 0.05) is 12.5 Å². The van der Waals surface area contributed by atoms with Gasteiger partial charge in [-0.1, -0.05) is 44.2 Å². The smallest absolute Gasteiger partial charge is 0.220 e. The van der Waals surface area contributed by atoms with E-state index in [1.165, 1.54) is 5.56 Å². The molecule has 0 bridgehead atoms. The minimum absolute atomic E-state index is 0.0191. The lowest BCUT2D eigenvalue weighted by Gasteiger charge is -2.29. The molecule has 128 valence electrons. The molecular weight excluding hydrogens is 310 g/mol. The Balaban J connectivity index is 1.84. The van der Waals surface area contributed by atoms with Crippen molar-refractivity contribution < 1.29 is 13.2 Å². The van der Waals surface area contributed by atoms with Crippen LogP contribution in [0.3, 0.4) is 0 Å². The summed E-state index contributed by atoms with van der Waals surface area (Å²) in [6.07, 6.45) is 1.76. The summed E-state index contributed by atoms with van der Waals surface area (Å²) in [7, 11) is -2.91. The number of carbonyl (C=O) groups is 1. The molecular formula is C18H27NO3S. The first-order valence-corrected chi connectivity index (χ1v) is 10.1. The van der Waals surface area contributed by atoms with Crippen molar-refractivity contribution >= 4 is 15.7 Å². The number of hydrogen-bond acceptors (Lipinski definition) is 3. The van der Waals surface area contributed by atoms with Crippen LogP contribution in [-0.4, -0.2) is 31.9 Å². The van der Waals surface area contributed by atoms with Crippen molar-refractivity contribution in [2.75, 3.05) is 11.5 Å². The van der Waals surface area contributed by atoms with Gasteiger partial charge in [0.2, 0.25) is 5.91 Å². The summed E-state index contributed by atoms with van der Waals surface area (Å²) in [5, 5.41) is 3.03. The van der Waals surface area contributed by atoms with E-state index in [0.29, 0.717) is 12.8 Å². The topological polar surface area (TPSA) is 63.2 Å². The lowest BCUT2D eigenvalue weighted by atomic mass is 9.79. The molecule has 0 saturated carbocycles. The van der Waals surface area contributed by atoms with Gasteiger partial charge >= 0.3 is 0 Å². The standard InChI is InChI=1S/C18H27NO3S/c1-14(12-18(2,3)16-7-5-4-6-8-16)19-17(20)11-15-9-10-23(21,22)13-15/h4-8,14-15H,9-13H2,1-3H3,(H,19,20)/t14-,15+/m1/s1. The van der Waals surface area contributed by atoms with Crippen LogP contribution >= 0.6 is 0 Å². The average molecular weight is 337 g/mol. The first-order chi connectivity index (χ1) is 10.7. The van der Waals surface area contributed by atoms with Gasteiger partial charge in [-0.3, -0.25) is 4.79 Å². The Kier molecular flexibility index (Phi) is 5.50. The van der Waals surface area contributed by atoms with Crippen LogP contribution in [0.25, 0.3) is 0 Å². The van der Waals surface area contributed by atoms with Gasteiger partial charge in [0.1, 0.15) is 0 Å². The average Bonchev–Trinajstić information content (AvgIpc) is 2.77. The number of rotatable bonds is 6. The summed E-state index contributed by atoms with van der Waals surface area (Å²) in [6, 6.07) is 10.3. The minimum Gasteiger partial charge on any atom is -0.354 e. The highest BCUT2D eigenvalue weighted by Crippen LogP contribution is 2.28. The number of sulfone groups is 1. The van der Waals surface area contributed by atoms with Crippen molar-refractivity contribution in [2.24, 2.45) is 5.92 Å². The summed E-state index contributed by atoms with van der Waals surface area (Å²) in [5.74, 6) is 0.323. The predicted octanol–water partition coefficient (Wildman–Crippen LogP) is 2.68. The Bertz CT molecular complexity index is 637. The van der Waals surface area contributed by atoms with Crippen LogP contribution < -0.4 is 5.32 Å². The van der Waals surface area contributed by atoms with E-state index < -0.39 is 9.84 Å². The van der Waals surface area contributed by atoms with Gasteiger partial charge in [-0.05, 0) is 36.7 Å². The van der Waals surface area contributed by atoms with E-state index in [1.807, 2.05) is 25.1 Å². The molecule has 1 N–H and O–H groups in total. The molecule has 0 aromatic heterocycles. The Labute approximate surface area is 139 Å². The third kappa shape index (κ3) is 5.34. The van der Waals surface area contributed by atoms with Gasteiger partial charge < -0.3 is 5.32 Å². The first-order valence-electron chi connectivity index (χ1n) is 8.23. The van der Waals surface area contributed by atoms with Gasteiger partial charge in [-0.25, -0.2) is 8.42 Å². The van der Waals surface area contributed by atoms with Crippen molar-refractivity contribution in [3.05, 3.63) is 35.9 Å². The molecule has 0 spiro atoms. The van der Waals surface area contributed by atoms with Crippen LogP contribution in [-0.2, 0) is 20.0 Å². The van der Waals surface area contributed by atoms with Crippen molar-refractivity contribution in [3.63, 3.8) is 0 Å². The van der Waals surface area contributed by atoms with Crippen molar-refractivity contribution in [1.82, 2.24) is 5.32 Å². The molecule has 1 aromatic rings. The predicted molar refractivity (Wildman–Crippen MR) is 93.1 cm³/mol. The SMILES string of the molecule is C[C@H](CC(C)(C)c1ccccc1)NC(=O)C[C@@H]1CCS(=O)(=O)C1. The van der Waals surface area contributed by atoms with Crippen molar-refractivity contribution in [3.8, 4) is 0 Å². The zero-order valence-electron chi connectivity index (χ0n) is 14.2. The Morgan fingerprint density at radius 3 is 2.52 bits per heavy atom. The number of benzene rings is 1. The zero-order valence-corrected chi connectivity index (χ0v) is 15.0. The van der Waals surface area contributed by atoms with E-state index in [4.69, 9.17) is 0 Å². The molecule has 1 aliphatic rings. The van der Waals surface area contributed by atoms with Gasteiger partial charge in [0.05, 0.1) is 11.5 Å². The molecule has 1 amide bonds. The molecule has 1 aliphatic heterocycles. The highest BCUT2D eigenvalue weighted by molar-refractivity contribution is 7.91. The van der Waals surface area contributed by atoms with Gasteiger partial charge in [-0.2, -0.15) is 0 Å². The lowest BCUT2D eigenvalue weighted by Crippen LogP contribution is -2.38. The number of amides is 1. The second-order valence-corrected chi connectivity index (χ2v) is 9.62. The van der Waals surface area contributed by atoms with Crippen molar-refractivity contribution in [2.45, 2.75) is 51.5 Å². The largest absolute Gasteiger partial charge is 0.354 e. The lowest BCUT2D eigenvalue weighted by molar-refractivity contribution is -0.122. The maximum absolute atomic E-state index is 12.1. The third-order valence-electron chi connectivity index (χ3n) is 4.58. The minimum atomic E-state index is -2.91. The van der Waals surface area contributed by atoms with Crippen LogP contribution in [0, 0.1) is 5.92 Å². The summed E-state index contributed by atoms with van der Waals surface area (Å²) in [5.41, 5.74) is 1.23. The molecule has 2 rings (SSSR count). The molecule has 4 nitrogen and oxygen atoms in total. The molecule has 0 aliphatic carbocycles. The summed E-state index contributed by atoms with van der Waals surface area (Å²) in [6.45, 7) is 6.36. The quantitative estimate of drug-likeness (QED) is 0.868. The third-order valence-corrected chi connectivity index (χ3v) is 6.42. The molecule has 0 unspecified atom stereocenters. The monoisotopic (exact) mass is 337 g/mol. The highest BCUT2D eigenvalue weighted by atomic mass is 32.2. The second-order valence-electron chi connectivity index (χ2n) is 7.40. The van der Waals surface area contributed by atoms with Crippen LogP contribution in [0.5, 0.6) is 0 Å². The Morgan fingerprint density at radius 2 is 1.96 bits per heavy atom. The van der Waals surface area contributed by atoms with Gasteiger partial charge in [0.25, 0.3) is 0 Å². The van der Waals surface area contributed by atoms with Crippen molar-refractivity contribution in [1.29, 1.82) is 0 Å². The van der Waals surface area contributed by atoms with E-state index >= 15 is 0 Å². The Morgan fingerprint density at radius 1 is 1.30 bits per heavy atom. The summed E-state index contributed by atoms with van der Waals surface area (Å²) in [4.78, 5) is 12.1. The number of hydrogen-bond donors (Lipinski definition) is 1. The summed E-state index contributed by atoms with van der Waals surface area (Å²) < 4.78 is 22.9. The molecule has 2 atom stereocenters. The highest BCUT2D eigenvalue weighted by Gasteiger charge is 2.30. The first kappa shape index (κ1) is 18.0. The van der Waals surface area contributed by atoms with Gasteiger partial charge in [-0.15, -0.1) is 0 Å². The molecule has 0 radical (unpaired) electrons. The second kappa shape index (κ2) is 7.04. The zero-order chi connectivity index (χ0) is 17.1. The normalized spacial score (nSPS) is 21.8. The van der Waals surface area contributed by atoms with E-state index in [9.17, 15) is 13.2 Å². The molecule has 1 fully saturated rings.